The van der Waals surface area contributed by atoms with Gasteiger partial charge in [0, 0.05) is 6.42 Å². The van der Waals surface area contributed by atoms with Gasteiger partial charge in [-0.3, -0.25) is 9.59 Å². The third kappa shape index (κ3) is 7.10. The molecule has 0 atom stereocenters. The molecule has 0 fully saturated rings. The van der Waals surface area contributed by atoms with E-state index in [0.717, 1.165) is 0 Å². The summed E-state index contributed by atoms with van der Waals surface area (Å²) >= 11 is 0. The summed E-state index contributed by atoms with van der Waals surface area (Å²) in [5, 5.41) is 16.0. The maximum absolute atomic E-state index is 10.2. The molecular formula is C5H7LiO5. The minimum absolute atomic E-state index is 0. The van der Waals surface area contributed by atoms with E-state index < -0.39 is 30.6 Å². The topological polar surface area (TPSA) is 91.7 Å². The average molecular weight is 154 g/mol. The number of rotatable bonds is 4. The van der Waals surface area contributed by atoms with Gasteiger partial charge in [-0.05, 0) is 0 Å². The van der Waals surface area contributed by atoms with E-state index >= 15 is 0 Å². The normalized spacial score (nSPS) is 8.00. The molecule has 0 amide bonds. The summed E-state index contributed by atoms with van der Waals surface area (Å²) in [6.07, 6.45) is -0.865. The molecule has 0 saturated carbocycles. The summed E-state index contributed by atoms with van der Waals surface area (Å²) in [4.78, 5) is 29.7. The van der Waals surface area contributed by atoms with Gasteiger partial charge < -0.3 is 10.2 Å². The maximum atomic E-state index is 10.2. The van der Waals surface area contributed by atoms with E-state index in [-0.39, 0.29) is 18.9 Å². The third-order valence-electron chi connectivity index (χ3n) is 0.804. The van der Waals surface area contributed by atoms with E-state index in [0.29, 0.717) is 0 Å². The predicted molar refractivity (Wildman–Crippen MR) is 36.7 cm³/mol. The van der Waals surface area contributed by atoms with Crippen LogP contribution in [0.4, 0.5) is 0 Å². The Morgan fingerprint density at radius 2 is 1.45 bits per heavy atom. The summed E-state index contributed by atoms with van der Waals surface area (Å²) in [6.45, 7) is 0. The van der Waals surface area contributed by atoms with Crippen molar-refractivity contribution < 1.29 is 24.6 Å². The molecule has 0 aliphatic rings. The molecule has 0 aromatic carbocycles. The minimum atomic E-state index is -1.58. The average Bonchev–Trinajstić information content (AvgIpc) is 1.82. The van der Waals surface area contributed by atoms with E-state index in [1.807, 2.05) is 0 Å². The van der Waals surface area contributed by atoms with Crippen molar-refractivity contribution in [2.24, 2.45) is 0 Å². The molecular weight excluding hydrogens is 147 g/mol. The van der Waals surface area contributed by atoms with Crippen LogP contribution in [0.5, 0.6) is 0 Å². The van der Waals surface area contributed by atoms with Gasteiger partial charge in [0.25, 0.3) is 0 Å². The van der Waals surface area contributed by atoms with E-state index in [1.54, 1.807) is 0 Å². The van der Waals surface area contributed by atoms with Crippen LogP contribution < -0.4 is 0 Å². The van der Waals surface area contributed by atoms with Crippen molar-refractivity contribution in [1.29, 1.82) is 0 Å². The fraction of sp³-hybridized carbons (Fsp3) is 0.400. The van der Waals surface area contributed by atoms with Gasteiger partial charge in [0.1, 0.15) is 0 Å². The first kappa shape index (κ1) is 12.8. The SMILES string of the molecule is O=C(O)CCC(=O)C(=O)O.[LiH]. The monoisotopic (exact) mass is 154 g/mol. The molecule has 0 aromatic rings. The van der Waals surface area contributed by atoms with Crippen molar-refractivity contribution in [3.05, 3.63) is 0 Å². The van der Waals surface area contributed by atoms with E-state index in [2.05, 4.69) is 0 Å². The van der Waals surface area contributed by atoms with Crippen molar-refractivity contribution in [3.63, 3.8) is 0 Å². The molecule has 2 N–H and O–H groups in total. The molecule has 0 rings (SSSR count). The van der Waals surface area contributed by atoms with Crippen LogP contribution in [0.1, 0.15) is 12.8 Å². The first-order valence-corrected chi connectivity index (χ1v) is 2.52. The van der Waals surface area contributed by atoms with Crippen molar-refractivity contribution in [3.8, 4) is 0 Å². The number of hydrogen-bond acceptors (Lipinski definition) is 3. The van der Waals surface area contributed by atoms with Crippen molar-refractivity contribution in [2.45, 2.75) is 12.8 Å². The van der Waals surface area contributed by atoms with Crippen LogP contribution >= 0.6 is 0 Å². The van der Waals surface area contributed by atoms with Gasteiger partial charge in [0.2, 0.25) is 5.78 Å². The van der Waals surface area contributed by atoms with E-state index in [1.165, 1.54) is 0 Å². The molecule has 0 aliphatic carbocycles. The summed E-state index contributed by atoms with van der Waals surface area (Å²) in [7, 11) is 0. The molecule has 0 spiro atoms. The number of carbonyl (C=O) groups is 3. The van der Waals surface area contributed by atoms with Crippen LogP contribution in [-0.4, -0.2) is 46.8 Å². The number of hydrogen-bond donors (Lipinski definition) is 2. The molecule has 0 unspecified atom stereocenters. The summed E-state index contributed by atoms with van der Waals surface area (Å²) < 4.78 is 0. The zero-order chi connectivity index (χ0) is 8.15. The molecule has 0 radical (unpaired) electrons. The van der Waals surface area contributed by atoms with Gasteiger partial charge in [-0.1, -0.05) is 0 Å². The number of carbonyl (C=O) groups excluding carboxylic acids is 1. The van der Waals surface area contributed by atoms with Crippen LogP contribution in [0, 0.1) is 0 Å². The Balaban J connectivity index is 0. The molecule has 5 nitrogen and oxygen atoms in total. The molecule has 0 saturated heterocycles. The van der Waals surface area contributed by atoms with Gasteiger partial charge in [0.05, 0.1) is 6.42 Å². The van der Waals surface area contributed by atoms with Gasteiger partial charge in [0.15, 0.2) is 0 Å². The van der Waals surface area contributed by atoms with Gasteiger partial charge in [-0.25, -0.2) is 4.79 Å². The zero-order valence-corrected chi connectivity index (χ0v) is 5.03. The van der Waals surface area contributed by atoms with E-state index in [9.17, 15) is 14.4 Å². The molecule has 0 aromatic heterocycles. The number of aliphatic carboxylic acids is 2. The number of ketones is 1. The first-order valence-electron chi connectivity index (χ1n) is 2.52. The Morgan fingerprint density at radius 1 is 1.00 bits per heavy atom. The fourth-order valence-corrected chi connectivity index (χ4v) is 0.327. The quantitative estimate of drug-likeness (QED) is 0.394. The van der Waals surface area contributed by atoms with Crippen LogP contribution in [-0.2, 0) is 14.4 Å². The second-order valence-corrected chi connectivity index (χ2v) is 1.62. The predicted octanol–water partition coefficient (Wildman–Crippen LogP) is -1.14. The van der Waals surface area contributed by atoms with Crippen LogP contribution in [0.2, 0.25) is 0 Å². The molecule has 58 valence electrons. The van der Waals surface area contributed by atoms with Gasteiger partial charge >= 0.3 is 30.8 Å². The van der Waals surface area contributed by atoms with Crippen molar-refractivity contribution >= 4 is 36.6 Å². The number of carboxylic acid groups (broad SMARTS) is 2. The second kappa shape index (κ2) is 5.95. The van der Waals surface area contributed by atoms with Crippen LogP contribution in [0.3, 0.4) is 0 Å². The Labute approximate surface area is 74.6 Å². The summed E-state index contributed by atoms with van der Waals surface area (Å²) in [6, 6.07) is 0. The fourth-order valence-electron chi connectivity index (χ4n) is 0.327. The molecule has 11 heavy (non-hydrogen) atoms. The Bertz CT molecular complexity index is 176. The molecule has 6 heteroatoms. The van der Waals surface area contributed by atoms with Crippen LogP contribution in [0.25, 0.3) is 0 Å². The van der Waals surface area contributed by atoms with Crippen LogP contribution in [0.15, 0.2) is 0 Å². The molecule has 0 heterocycles. The first-order chi connectivity index (χ1) is 4.54. The zero-order valence-electron chi connectivity index (χ0n) is 5.03. The Kier molecular flexibility index (Phi) is 6.95. The summed E-state index contributed by atoms with van der Waals surface area (Å²) in [5.41, 5.74) is 0. The number of carboxylic acids is 2. The molecule has 0 bridgehead atoms. The summed E-state index contributed by atoms with van der Waals surface area (Å²) in [5.74, 6) is -3.82. The standard InChI is InChI=1S/C5H6O5.Li.H/c6-3(5(9)10)1-2-4(7)8;;/h1-2H2,(H,7,8)(H,9,10);;. The second-order valence-electron chi connectivity index (χ2n) is 1.62. The van der Waals surface area contributed by atoms with Crippen molar-refractivity contribution in [2.75, 3.05) is 0 Å². The Morgan fingerprint density at radius 3 is 1.73 bits per heavy atom. The Hall–Kier alpha value is -0.793. The van der Waals surface area contributed by atoms with Crippen molar-refractivity contribution in [1.82, 2.24) is 0 Å². The molecule has 0 aliphatic heterocycles. The third-order valence-corrected chi connectivity index (χ3v) is 0.804. The number of Topliss-reactive ketones (excluding diaryl/α,β-unsaturated/α-hetero) is 1. The van der Waals surface area contributed by atoms with Gasteiger partial charge in [-0.15, -0.1) is 0 Å². The van der Waals surface area contributed by atoms with Gasteiger partial charge in [-0.2, -0.15) is 0 Å². The van der Waals surface area contributed by atoms with E-state index in [4.69, 9.17) is 10.2 Å².